The fourth-order valence-corrected chi connectivity index (χ4v) is 2.91. The quantitative estimate of drug-likeness (QED) is 0.235. The SMILES string of the molecule is CCCCCCC(CC(=O)OC)(C(=O)OC)S(=O)(=O)O.[H-].[Na+]. The van der Waals surface area contributed by atoms with Crippen LogP contribution in [0.5, 0.6) is 0 Å². The van der Waals surface area contributed by atoms with Gasteiger partial charge in [-0.3, -0.25) is 14.1 Å². The molecular weight excluding hydrogens is 311 g/mol. The van der Waals surface area contributed by atoms with Crippen LogP contribution in [-0.4, -0.2) is 43.9 Å². The van der Waals surface area contributed by atoms with Gasteiger partial charge in [0.25, 0.3) is 10.1 Å². The molecule has 120 valence electrons. The molecule has 0 fully saturated rings. The molecule has 0 aromatic rings. The minimum absolute atomic E-state index is 0. The van der Waals surface area contributed by atoms with Crippen molar-refractivity contribution < 1.29 is 63.0 Å². The number of ether oxygens (including phenoxy) is 2. The standard InChI is InChI=1S/C12H22O7S.Na.H/c1-4-5-6-7-8-12(11(14)19-3,20(15,16)17)9-10(13)18-2;;/h4-9H2,1-3H3,(H,15,16,17);;/q;+1;-1. The van der Waals surface area contributed by atoms with Gasteiger partial charge in [0.05, 0.1) is 20.6 Å². The molecule has 7 nitrogen and oxygen atoms in total. The van der Waals surface area contributed by atoms with Crippen LogP contribution in [0.4, 0.5) is 0 Å². The Morgan fingerprint density at radius 1 is 1.14 bits per heavy atom. The van der Waals surface area contributed by atoms with E-state index < -0.39 is 33.2 Å². The zero-order valence-corrected chi connectivity index (χ0v) is 15.9. The molecule has 9 heteroatoms. The van der Waals surface area contributed by atoms with E-state index in [2.05, 4.69) is 9.47 Å². The molecule has 0 saturated heterocycles. The summed E-state index contributed by atoms with van der Waals surface area (Å²) in [4.78, 5) is 23.2. The van der Waals surface area contributed by atoms with Crippen LogP contribution in [0.3, 0.4) is 0 Å². The van der Waals surface area contributed by atoms with Crippen LogP contribution in [0.15, 0.2) is 0 Å². The fourth-order valence-electron chi connectivity index (χ4n) is 1.92. The van der Waals surface area contributed by atoms with Crippen LogP contribution in [0.1, 0.15) is 46.9 Å². The largest absolute Gasteiger partial charge is 1.00 e. The van der Waals surface area contributed by atoms with Crippen LogP contribution in [0.25, 0.3) is 0 Å². The number of carbonyl (C=O) groups excluding carboxylic acids is 2. The monoisotopic (exact) mass is 334 g/mol. The first kappa shape index (κ1) is 23.1. The van der Waals surface area contributed by atoms with Gasteiger partial charge in [-0.05, 0) is 6.42 Å². The first-order chi connectivity index (χ1) is 9.25. The van der Waals surface area contributed by atoms with Gasteiger partial charge >= 0.3 is 41.5 Å². The van der Waals surface area contributed by atoms with Crippen molar-refractivity contribution in [3.63, 3.8) is 0 Å². The van der Waals surface area contributed by atoms with Crippen molar-refractivity contribution in [1.29, 1.82) is 0 Å². The van der Waals surface area contributed by atoms with Gasteiger partial charge in [-0.25, -0.2) is 0 Å². The van der Waals surface area contributed by atoms with E-state index in [0.717, 1.165) is 27.1 Å². The van der Waals surface area contributed by atoms with Gasteiger partial charge in [-0.15, -0.1) is 0 Å². The van der Waals surface area contributed by atoms with Crippen molar-refractivity contribution >= 4 is 22.1 Å². The van der Waals surface area contributed by atoms with Gasteiger partial charge in [0, 0.05) is 0 Å². The molecule has 0 saturated carbocycles. The van der Waals surface area contributed by atoms with Gasteiger partial charge in [0.1, 0.15) is 0 Å². The van der Waals surface area contributed by atoms with Crippen molar-refractivity contribution in [3.05, 3.63) is 0 Å². The molecule has 0 aromatic heterocycles. The normalized spacial score (nSPS) is 13.7. The van der Waals surface area contributed by atoms with E-state index in [1.165, 1.54) is 0 Å². The Balaban J connectivity index is -0.00000180. The summed E-state index contributed by atoms with van der Waals surface area (Å²) < 4.78 is 39.2. The Labute approximate surface area is 149 Å². The molecular formula is C12H23NaO7S. The van der Waals surface area contributed by atoms with Crippen LogP contribution in [0.2, 0.25) is 0 Å². The number of hydrogen-bond donors (Lipinski definition) is 1. The zero-order chi connectivity index (χ0) is 15.8. The summed E-state index contributed by atoms with van der Waals surface area (Å²) in [6, 6.07) is 0. The minimum Gasteiger partial charge on any atom is -1.00 e. The molecule has 21 heavy (non-hydrogen) atoms. The predicted octanol–water partition coefficient (Wildman–Crippen LogP) is -1.56. The van der Waals surface area contributed by atoms with Gasteiger partial charge in [0.15, 0.2) is 0 Å². The fraction of sp³-hybridized carbons (Fsp3) is 0.833. The van der Waals surface area contributed by atoms with Crippen LogP contribution in [-0.2, 0) is 29.2 Å². The first-order valence-corrected chi connectivity index (χ1v) is 7.81. The number of hydrogen-bond acceptors (Lipinski definition) is 6. The number of carbonyl (C=O) groups is 2. The second kappa shape index (κ2) is 10.6. The molecule has 0 spiro atoms. The van der Waals surface area contributed by atoms with E-state index >= 15 is 0 Å². The summed E-state index contributed by atoms with van der Waals surface area (Å²) in [7, 11) is -2.73. The summed E-state index contributed by atoms with van der Waals surface area (Å²) in [6.07, 6.45) is 1.90. The van der Waals surface area contributed by atoms with Crippen molar-refractivity contribution in [2.45, 2.75) is 50.2 Å². The van der Waals surface area contributed by atoms with E-state index in [0.29, 0.717) is 12.8 Å². The van der Waals surface area contributed by atoms with Crippen molar-refractivity contribution in [1.82, 2.24) is 0 Å². The first-order valence-electron chi connectivity index (χ1n) is 6.37. The van der Waals surface area contributed by atoms with Crippen LogP contribution >= 0.6 is 0 Å². The van der Waals surface area contributed by atoms with Crippen LogP contribution in [0, 0.1) is 0 Å². The van der Waals surface area contributed by atoms with E-state index in [4.69, 9.17) is 0 Å². The summed E-state index contributed by atoms with van der Waals surface area (Å²) in [5.74, 6) is -2.05. The molecule has 0 aliphatic rings. The molecule has 0 aliphatic heterocycles. The summed E-state index contributed by atoms with van der Waals surface area (Å²) in [5, 5.41) is 0. The Morgan fingerprint density at radius 3 is 2.10 bits per heavy atom. The number of esters is 2. The molecule has 1 unspecified atom stereocenters. The third kappa shape index (κ3) is 6.65. The average molecular weight is 334 g/mol. The topological polar surface area (TPSA) is 107 Å². The molecule has 1 atom stereocenters. The minimum atomic E-state index is -4.81. The number of rotatable bonds is 9. The van der Waals surface area contributed by atoms with E-state index in [1.807, 2.05) is 6.92 Å². The van der Waals surface area contributed by atoms with E-state index in [-0.39, 0.29) is 37.4 Å². The van der Waals surface area contributed by atoms with E-state index in [1.54, 1.807) is 0 Å². The third-order valence-corrected chi connectivity index (χ3v) is 4.65. The van der Waals surface area contributed by atoms with Gasteiger partial charge in [-0.2, -0.15) is 8.42 Å². The Hall–Kier alpha value is -0.150. The maximum Gasteiger partial charge on any atom is 1.00 e. The Morgan fingerprint density at radius 2 is 1.71 bits per heavy atom. The van der Waals surface area contributed by atoms with Gasteiger partial charge < -0.3 is 10.9 Å². The molecule has 1 N–H and O–H groups in total. The molecule has 0 bridgehead atoms. The molecule has 0 aromatic carbocycles. The summed E-state index contributed by atoms with van der Waals surface area (Å²) >= 11 is 0. The van der Waals surface area contributed by atoms with Gasteiger partial charge in [0.2, 0.25) is 4.75 Å². The molecule has 0 radical (unpaired) electrons. The molecule has 0 amide bonds. The van der Waals surface area contributed by atoms with Gasteiger partial charge in [-0.1, -0.05) is 32.6 Å². The number of unbranched alkanes of at least 4 members (excludes halogenated alkanes) is 3. The average Bonchev–Trinajstić information content (AvgIpc) is 2.39. The molecule has 0 rings (SSSR count). The van der Waals surface area contributed by atoms with Crippen molar-refractivity contribution in [2.24, 2.45) is 0 Å². The third-order valence-electron chi connectivity index (χ3n) is 3.14. The van der Waals surface area contributed by atoms with E-state index in [9.17, 15) is 22.6 Å². The van der Waals surface area contributed by atoms with Crippen LogP contribution < -0.4 is 29.6 Å². The summed E-state index contributed by atoms with van der Waals surface area (Å²) in [6.45, 7) is 1.98. The second-order valence-electron chi connectivity index (χ2n) is 4.52. The second-order valence-corrected chi connectivity index (χ2v) is 6.26. The van der Waals surface area contributed by atoms with Crippen molar-refractivity contribution in [2.75, 3.05) is 14.2 Å². The molecule has 0 aliphatic carbocycles. The van der Waals surface area contributed by atoms with Crippen molar-refractivity contribution in [3.8, 4) is 0 Å². The predicted molar refractivity (Wildman–Crippen MR) is 72.8 cm³/mol. The maximum atomic E-state index is 11.8. The maximum absolute atomic E-state index is 11.8. The summed E-state index contributed by atoms with van der Waals surface area (Å²) in [5.41, 5.74) is 0. The smallest absolute Gasteiger partial charge is 1.00 e. The molecule has 0 heterocycles. The number of methoxy groups -OCH3 is 2. The zero-order valence-electron chi connectivity index (χ0n) is 14.0. The Bertz CT molecular complexity index is 441. The Kier molecular flexibility index (Phi) is 11.6.